The van der Waals surface area contributed by atoms with E-state index < -0.39 is 0 Å². The smallest absolute Gasteiger partial charge is 0.227 e. The number of rotatable bonds is 4. The molecule has 0 spiro atoms. The second-order valence-electron chi connectivity index (χ2n) is 2.91. The molecule has 0 saturated heterocycles. The van der Waals surface area contributed by atoms with Crippen molar-refractivity contribution in [1.29, 1.82) is 0 Å². The molecule has 0 atom stereocenters. The summed E-state index contributed by atoms with van der Waals surface area (Å²) in [5.74, 6) is 0.998. The summed E-state index contributed by atoms with van der Waals surface area (Å²) in [7, 11) is 0. The van der Waals surface area contributed by atoms with Crippen LogP contribution in [-0.2, 0) is 4.79 Å². The van der Waals surface area contributed by atoms with Crippen molar-refractivity contribution in [3.05, 3.63) is 5.82 Å². The number of aromatic nitrogens is 3. The number of carbonyl (C=O) groups excluding carboxylic acids is 1. The van der Waals surface area contributed by atoms with E-state index in [0.717, 1.165) is 5.82 Å². The van der Waals surface area contributed by atoms with Crippen LogP contribution >= 0.6 is 11.8 Å². The number of carbonyl (C=O) groups is 1. The minimum absolute atomic E-state index is 0.218. The van der Waals surface area contributed by atoms with Crippen molar-refractivity contribution in [3.8, 4) is 0 Å². The fourth-order valence-corrected chi connectivity index (χ4v) is 1.26. The van der Waals surface area contributed by atoms with Gasteiger partial charge in [-0.15, -0.1) is 5.10 Å². The van der Waals surface area contributed by atoms with Gasteiger partial charge in [0.2, 0.25) is 11.1 Å². The third kappa shape index (κ3) is 3.06. The maximum absolute atomic E-state index is 10.4. The van der Waals surface area contributed by atoms with Gasteiger partial charge in [0.25, 0.3) is 0 Å². The number of amides is 1. The molecule has 1 aromatic rings. The molecule has 0 unspecified atom stereocenters. The van der Waals surface area contributed by atoms with Gasteiger partial charge in [0.1, 0.15) is 5.82 Å². The van der Waals surface area contributed by atoms with Gasteiger partial charge in [-0.2, -0.15) is 0 Å². The molecule has 0 bridgehead atoms. The van der Waals surface area contributed by atoms with Crippen LogP contribution in [-0.4, -0.2) is 26.8 Å². The molecule has 5 nitrogen and oxygen atoms in total. The van der Waals surface area contributed by atoms with Gasteiger partial charge < -0.3 is 5.73 Å². The fourth-order valence-electron chi connectivity index (χ4n) is 0.717. The maximum atomic E-state index is 10.4. The van der Waals surface area contributed by atoms with Gasteiger partial charge in [-0.3, -0.25) is 9.89 Å². The van der Waals surface area contributed by atoms with E-state index in [9.17, 15) is 4.79 Å². The number of hydrogen-bond acceptors (Lipinski definition) is 4. The quantitative estimate of drug-likeness (QED) is 0.693. The van der Waals surface area contributed by atoms with Crippen LogP contribution in [0.15, 0.2) is 5.16 Å². The van der Waals surface area contributed by atoms with Gasteiger partial charge in [-0.25, -0.2) is 4.98 Å². The highest BCUT2D eigenvalue weighted by Crippen LogP contribution is 2.15. The predicted octanol–water partition coefficient (Wildman–Crippen LogP) is 0.506. The molecule has 1 rings (SSSR count). The van der Waals surface area contributed by atoms with Gasteiger partial charge in [0, 0.05) is 5.92 Å². The Morgan fingerprint density at radius 2 is 2.38 bits per heavy atom. The lowest BCUT2D eigenvalue weighted by Crippen LogP contribution is -2.13. The average molecular weight is 200 g/mol. The molecule has 0 aromatic carbocycles. The van der Waals surface area contributed by atoms with Crippen molar-refractivity contribution < 1.29 is 4.79 Å². The number of nitrogens with zero attached hydrogens (tertiary/aromatic N) is 2. The number of thioether (sulfide) groups is 1. The van der Waals surface area contributed by atoms with E-state index >= 15 is 0 Å². The van der Waals surface area contributed by atoms with Crippen molar-refractivity contribution in [2.45, 2.75) is 24.9 Å². The summed E-state index contributed by atoms with van der Waals surface area (Å²) in [5.41, 5.74) is 4.98. The molecule has 1 aromatic heterocycles. The third-order valence-electron chi connectivity index (χ3n) is 1.37. The first-order chi connectivity index (χ1) is 6.09. The van der Waals surface area contributed by atoms with Crippen LogP contribution < -0.4 is 5.73 Å². The van der Waals surface area contributed by atoms with Crippen molar-refractivity contribution in [3.63, 3.8) is 0 Å². The average Bonchev–Trinajstić information content (AvgIpc) is 2.48. The predicted molar refractivity (Wildman–Crippen MR) is 50.4 cm³/mol. The Morgan fingerprint density at radius 3 is 2.85 bits per heavy atom. The van der Waals surface area contributed by atoms with Gasteiger partial charge in [0.15, 0.2) is 0 Å². The maximum Gasteiger partial charge on any atom is 0.227 e. The number of hydrogen-bond donors (Lipinski definition) is 2. The SMILES string of the molecule is CC(C)c1nc(SCC(N)=O)n[nH]1. The minimum atomic E-state index is -0.360. The Morgan fingerprint density at radius 1 is 1.69 bits per heavy atom. The van der Waals surface area contributed by atoms with E-state index in [0.29, 0.717) is 11.1 Å². The summed E-state index contributed by atoms with van der Waals surface area (Å²) in [6.07, 6.45) is 0. The van der Waals surface area contributed by atoms with E-state index in [1.165, 1.54) is 11.8 Å². The van der Waals surface area contributed by atoms with Crippen molar-refractivity contribution in [1.82, 2.24) is 15.2 Å². The molecular weight excluding hydrogens is 188 g/mol. The number of primary amides is 1. The van der Waals surface area contributed by atoms with Gasteiger partial charge >= 0.3 is 0 Å². The first kappa shape index (κ1) is 10.0. The standard InChI is InChI=1S/C7H12N4OS/c1-4(2)6-9-7(11-10-6)13-3-5(8)12/h4H,3H2,1-2H3,(H2,8,12)(H,9,10,11). The van der Waals surface area contributed by atoms with Gasteiger partial charge in [-0.1, -0.05) is 25.6 Å². The summed E-state index contributed by atoms with van der Waals surface area (Å²) >= 11 is 1.24. The molecule has 0 aliphatic carbocycles. The zero-order chi connectivity index (χ0) is 9.84. The van der Waals surface area contributed by atoms with Crippen LogP contribution in [0.3, 0.4) is 0 Å². The van der Waals surface area contributed by atoms with Crippen LogP contribution in [0.5, 0.6) is 0 Å². The molecule has 0 saturated carbocycles. The molecule has 0 fully saturated rings. The molecule has 72 valence electrons. The lowest BCUT2D eigenvalue weighted by molar-refractivity contribution is -0.115. The molecule has 0 aliphatic heterocycles. The highest BCUT2D eigenvalue weighted by molar-refractivity contribution is 7.99. The highest BCUT2D eigenvalue weighted by Gasteiger charge is 2.07. The van der Waals surface area contributed by atoms with Crippen LogP contribution in [0.1, 0.15) is 25.6 Å². The Bertz CT molecular complexity index is 296. The summed E-state index contributed by atoms with van der Waals surface area (Å²) < 4.78 is 0. The molecule has 3 N–H and O–H groups in total. The summed E-state index contributed by atoms with van der Waals surface area (Å²) in [6.45, 7) is 4.03. The van der Waals surface area contributed by atoms with Crippen molar-refractivity contribution in [2.75, 3.05) is 5.75 Å². The summed E-state index contributed by atoms with van der Waals surface area (Å²) in [4.78, 5) is 14.6. The summed E-state index contributed by atoms with van der Waals surface area (Å²) in [5, 5.41) is 7.30. The van der Waals surface area contributed by atoms with Gasteiger partial charge in [-0.05, 0) is 0 Å². The third-order valence-corrected chi connectivity index (χ3v) is 2.24. The number of aromatic amines is 1. The van der Waals surface area contributed by atoms with E-state index in [1.807, 2.05) is 13.8 Å². The van der Waals surface area contributed by atoms with Crippen molar-refractivity contribution >= 4 is 17.7 Å². The number of nitrogens with two attached hydrogens (primary N) is 1. The molecule has 13 heavy (non-hydrogen) atoms. The number of nitrogens with one attached hydrogen (secondary N) is 1. The zero-order valence-corrected chi connectivity index (χ0v) is 8.39. The van der Waals surface area contributed by atoms with Crippen LogP contribution in [0, 0.1) is 0 Å². The Kier molecular flexibility index (Phi) is 3.30. The lowest BCUT2D eigenvalue weighted by Gasteiger charge is -1.94. The zero-order valence-electron chi connectivity index (χ0n) is 7.57. The second-order valence-corrected chi connectivity index (χ2v) is 3.86. The highest BCUT2D eigenvalue weighted by atomic mass is 32.2. The summed E-state index contributed by atoms with van der Waals surface area (Å²) in [6, 6.07) is 0. The second kappa shape index (κ2) is 4.27. The molecule has 1 heterocycles. The van der Waals surface area contributed by atoms with Crippen LogP contribution in [0.25, 0.3) is 0 Å². The molecule has 0 aliphatic rings. The normalized spacial score (nSPS) is 10.7. The Hall–Kier alpha value is -1.04. The first-order valence-electron chi connectivity index (χ1n) is 3.93. The van der Waals surface area contributed by atoms with Crippen molar-refractivity contribution in [2.24, 2.45) is 5.73 Å². The molecular formula is C7H12N4OS. The lowest BCUT2D eigenvalue weighted by atomic mass is 10.2. The van der Waals surface area contributed by atoms with E-state index in [1.54, 1.807) is 0 Å². The minimum Gasteiger partial charge on any atom is -0.369 e. The van der Waals surface area contributed by atoms with Crippen LogP contribution in [0.2, 0.25) is 0 Å². The van der Waals surface area contributed by atoms with E-state index in [-0.39, 0.29) is 11.7 Å². The molecule has 1 amide bonds. The monoisotopic (exact) mass is 200 g/mol. The first-order valence-corrected chi connectivity index (χ1v) is 4.91. The largest absolute Gasteiger partial charge is 0.369 e. The Balaban J connectivity index is 2.54. The van der Waals surface area contributed by atoms with Crippen LogP contribution in [0.4, 0.5) is 0 Å². The molecule has 6 heteroatoms. The topological polar surface area (TPSA) is 84.7 Å². The Labute approximate surface area is 80.5 Å². The number of H-pyrrole nitrogens is 1. The van der Waals surface area contributed by atoms with E-state index in [4.69, 9.17) is 5.73 Å². The van der Waals surface area contributed by atoms with Gasteiger partial charge in [0.05, 0.1) is 5.75 Å². The van der Waals surface area contributed by atoms with E-state index in [2.05, 4.69) is 15.2 Å². The molecule has 0 radical (unpaired) electrons. The fraction of sp³-hybridized carbons (Fsp3) is 0.571.